The number of fused-ring (bicyclic) bond motifs is 2. The molecule has 1 aliphatic heterocycles. The van der Waals surface area contributed by atoms with Gasteiger partial charge in [0.1, 0.15) is 23.1 Å². The highest BCUT2D eigenvalue weighted by molar-refractivity contribution is 6.08. The number of nitrogens with one attached hydrogen (secondary N) is 2. The Morgan fingerprint density at radius 3 is 2.36 bits per heavy atom. The summed E-state index contributed by atoms with van der Waals surface area (Å²) in [6, 6.07) is 21.3. The smallest absolute Gasteiger partial charge is 0.336 e. The molecule has 1 aliphatic carbocycles. The lowest BCUT2D eigenvalue weighted by Crippen LogP contribution is -2.47. The van der Waals surface area contributed by atoms with Crippen molar-refractivity contribution in [1.82, 2.24) is 10.6 Å². The fourth-order valence-corrected chi connectivity index (χ4v) is 5.21. The van der Waals surface area contributed by atoms with Gasteiger partial charge in [0.25, 0.3) is 0 Å². The summed E-state index contributed by atoms with van der Waals surface area (Å²) in [6.07, 6.45) is -0.200. The number of rotatable bonds is 11. The number of carboxylic acids is 1. The van der Waals surface area contributed by atoms with Crippen LogP contribution < -0.4 is 21.8 Å². The third kappa shape index (κ3) is 6.83. The molecular weight excluding hydrogens is 578 g/mol. The van der Waals surface area contributed by atoms with Gasteiger partial charge in [0.15, 0.2) is 5.43 Å². The summed E-state index contributed by atoms with van der Waals surface area (Å²) in [5, 5.41) is 26.6. The van der Waals surface area contributed by atoms with Crippen LogP contribution in [-0.2, 0) is 27.3 Å². The minimum absolute atomic E-state index is 0.0134. The first-order valence-corrected chi connectivity index (χ1v) is 14.1. The van der Waals surface area contributed by atoms with Gasteiger partial charge < -0.3 is 31.0 Å². The first-order chi connectivity index (χ1) is 21.6. The molecule has 1 heterocycles. The SMILES string of the molecule is NC(=O)CCC(NC(=O)Cc1ccccc1)C(=O)NCc1c(O)ccc2c(-c3ccccc3C(=O)O)c3ccc(=O)cc-3oc12. The van der Waals surface area contributed by atoms with Gasteiger partial charge in [-0.1, -0.05) is 48.5 Å². The van der Waals surface area contributed by atoms with Gasteiger partial charge in [0, 0.05) is 29.0 Å². The van der Waals surface area contributed by atoms with Crippen LogP contribution in [0, 0.1) is 0 Å². The number of amides is 3. The maximum Gasteiger partial charge on any atom is 0.336 e. The lowest BCUT2D eigenvalue weighted by Gasteiger charge is -2.20. The predicted molar refractivity (Wildman–Crippen MR) is 166 cm³/mol. The van der Waals surface area contributed by atoms with E-state index in [1.165, 1.54) is 24.3 Å². The van der Waals surface area contributed by atoms with Crippen LogP contribution in [0.2, 0.25) is 0 Å². The molecule has 0 bridgehead atoms. The van der Waals surface area contributed by atoms with Crippen LogP contribution in [0.3, 0.4) is 0 Å². The van der Waals surface area contributed by atoms with E-state index in [0.717, 1.165) is 5.56 Å². The van der Waals surface area contributed by atoms with Crippen molar-refractivity contribution in [3.63, 3.8) is 0 Å². The molecule has 3 aromatic rings. The van der Waals surface area contributed by atoms with E-state index in [1.807, 2.05) is 6.07 Å². The number of primary amides is 1. The summed E-state index contributed by atoms with van der Waals surface area (Å²) in [5.41, 5.74) is 7.28. The van der Waals surface area contributed by atoms with Gasteiger partial charge in [-0.2, -0.15) is 0 Å². The number of carbonyl (C=O) groups excluding carboxylic acids is 3. The molecule has 3 amide bonds. The number of benzene rings is 4. The maximum atomic E-state index is 13.3. The molecule has 11 heteroatoms. The van der Waals surface area contributed by atoms with Crippen LogP contribution in [0.25, 0.3) is 33.4 Å². The standard InChI is InChI=1S/C34H29N3O8/c35-29(40)15-13-26(37-30(41)16-19-6-2-1-3-7-19)33(42)36-18-25-27(39)14-12-24-31(21-8-4-5-9-22(21)34(43)44)23-11-10-20(38)17-28(23)45-32(24)25/h1-12,14,17,26,39H,13,15-16,18H2,(H2,35,40)(H,36,42)(H,37,41)(H,43,44). The molecule has 0 spiro atoms. The number of carbonyl (C=O) groups is 4. The van der Waals surface area contributed by atoms with Gasteiger partial charge in [-0.05, 0) is 47.9 Å². The Kier molecular flexibility index (Phi) is 8.89. The highest BCUT2D eigenvalue weighted by atomic mass is 16.4. The van der Waals surface area contributed by atoms with Crippen molar-refractivity contribution >= 4 is 34.7 Å². The van der Waals surface area contributed by atoms with E-state index in [2.05, 4.69) is 10.6 Å². The van der Waals surface area contributed by atoms with E-state index in [-0.39, 0.29) is 59.5 Å². The van der Waals surface area contributed by atoms with Crippen LogP contribution in [0.15, 0.2) is 94.1 Å². The fourth-order valence-electron chi connectivity index (χ4n) is 5.21. The number of aromatic carboxylic acids is 1. The first kappa shape index (κ1) is 30.5. The number of nitrogens with two attached hydrogens (primary N) is 1. The lowest BCUT2D eigenvalue weighted by atomic mass is 9.90. The maximum absolute atomic E-state index is 13.3. The average Bonchev–Trinajstić information content (AvgIpc) is 3.01. The first-order valence-electron chi connectivity index (χ1n) is 14.1. The van der Waals surface area contributed by atoms with Crippen molar-refractivity contribution in [3.8, 4) is 28.2 Å². The fraction of sp³-hybridized carbons (Fsp3) is 0.147. The lowest BCUT2D eigenvalue weighted by molar-refractivity contribution is -0.129. The predicted octanol–water partition coefficient (Wildman–Crippen LogP) is 3.58. The van der Waals surface area contributed by atoms with Crippen molar-refractivity contribution in [2.45, 2.75) is 31.8 Å². The molecule has 0 saturated carbocycles. The molecule has 0 fully saturated rings. The monoisotopic (exact) mass is 607 g/mol. The van der Waals surface area contributed by atoms with Crippen LogP contribution in [0.4, 0.5) is 0 Å². The molecular formula is C34H29N3O8. The van der Waals surface area contributed by atoms with Gasteiger partial charge in [-0.15, -0.1) is 0 Å². The van der Waals surface area contributed by atoms with E-state index in [4.69, 9.17) is 10.2 Å². The third-order valence-corrected chi connectivity index (χ3v) is 7.34. The number of aromatic hydroxyl groups is 1. The number of phenolic OH excluding ortho intramolecular Hbond substituents is 1. The molecule has 0 aromatic heterocycles. The zero-order chi connectivity index (χ0) is 32.1. The van der Waals surface area contributed by atoms with Crippen LogP contribution in [0.5, 0.6) is 5.75 Å². The van der Waals surface area contributed by atoms with Crippen molar-refractivity contribution in [3.05, 3.63) is 112 Å². The van der Waals surface area contributed by atoms with Gasteiger partial charge in [-0.3, -0.25) is 19.2 Å². The summed E-state index contributed by atoms with van der Waals surface area (Å²) in [4.78, 5) is 62.0. The molecule has 3 aromatic carbocycles. The van der Waals surface area contributed by atoms with Gasteiger partial charge in [0.05, 0.1) is 24.1 Å². The van der Waals surface area contributed by atoms with Crippen LogP contribution in [-0.4, -0.2) is 39.9 Å². The second kappa shape index (κ2) is 13.1. The van der Waals surface area contributed by atoms with Crippen LogP contribution in [0.1, 0.15) is 34.3 Å². The second-order valence-electron chi connectivity index (χ2n) is 10.4. The number of phenols is 1. The zero-order valence-corrected chi connectivity index (χ0v) is 23.9. The minimum Gasteiger partial charge on any atom is -0.507 e. The highest BCUT2D eigenvalue weighted by Gasteiger charge is 2.25. The molecule has 45 heavy (non-hydrogen) atoms. The number of hydrogen-bond donors (Lipinski definition) is 5. The van der Waals surface area contributed by atoms with Gasteiger partial charge >= 0.3 is 5.97 Å². The summed E-state index contributed by atoms with van der Waals surface area (Å²) in [5.74, 6) is -2.95. The molecule has 228 valence electrons. The summed E-state index contributed by atoms with van der Waals surface area (Å²) in [6.45, 7) is -0.268. The van der Waals surface area contributed by atoms with E-state index in [1.54, 1.807) is 54.6 Å². The van der Waals surface area contributed by atoms with Crippen molar-refractivity contribution in [2.24, 2.45) is 5.73 Å². The Balaban J connectivity index is 1.52. The molecule has 1 unspecified atom stereocenters. The Morgan fingerprint density at radius 1 is 0.889 bits per heavy atom. The molecule has 6 N–H and O–H groups in total. The molecule has 2 aliphatic rings. The van der Waals surface area contributed by atoms with E-state index in [9.17, 15) is 34.2 Å². The largest absolute Gasteiger partial charge is 0.507 e. The second-order valence-corrected chi connectivity index (χ2v) is 10.4. The quantitative estimate of drug-likeness (QED) is 0.141. The molecule has 11 nitrogen and oxygen atoms in total. The van der Waals surface area contributed by atoms with Crippen molar-refractivity contribution in [1.29, 1.82) is 0 Å². The van der Waals surface area contributed by atoms with Gasteiger partial charge in [0.2, 0.25) is 17.7 Å². The molecule has 5 rings (SSSR count). The third-order valence-electron chi connectivity index (χ3n) is 7.34. The van der Waals surface area contributed by atoms with E-state index < -0.39 is 29.7 Å². The zero-order valence-electron chi connectivity index (χ0n) is 23.9. The Hall–Kier alpha value is -5.97. The number of hydrogen-bond acceptors (Lipinski definition) is 7. The Bertz CT molecular complexity index is 1950. The van der Waals surface area contributed by atoms with Crippen molar-refractivity contribution < 1.29 is 33.8 Å². The van der Waals surface area contributed by atoms with E-state index >= 15 is 0 Å². The normalized spacial score (nSPS) is 11.6. The molecule has 0 saturated heterocycles. The minimum atomic E-state index is -1.16. The summed E-state index contributed by atoms with van der Waals surface area (Å²) >= 11 is 0. The molecule has 1 atom stereocenters. The van der Waals surface area contributed by atoms with Crippen molar-refractivity contribution in [2.75, 3.05) is 0 Å². The number of carboxylic acid groups (broad SMARTS) is 1. The highest BCUT2D eigenvalue weighted by Crippen LogP contribution is 2.43. The summed E-state index contributed by atoms with van der Waals surface area (Å²) < 4.78 is 6.11. The van der Waals surface area contributed by atoms with E-state index in [0.29, 0.717) is 22.1 Å². The Morgan fingerprint density at radius 2 is 1.62 bits per heavy atom. The van der Waals surface area contributed by atoms with Crippen LogP contribution >= 0.6 is 0 Å². The molecule has 0 radical (unpaired) electrons. The average molecular weight is 608 g/mol. The Labute approximate surface area is 256 Å². The van der Waals surface area contributed by atoms with Gasteiger partial charge in [-0.25, -0.2) is 4.79 Å². The summed E-state index contributed by atoms with van der Waals surface area (Å²) in [7, 11) is 0. The topological polar surface area (TPSA) is 189 Å².